The predicted octanol–water partition coefficient (Wildman–Crippen LogP) is 3.48. The van der Waals surface area contributed by atoms with Crippen molar-refractivity contribution in [1.29, 1.82) is 0 Å². The highest BCUT2D eigenvalue weighted by Gasteiger charge is 2.13. The van der Waals surface area contributed by atoms with Crippen molar-refractivity contribution in [1.82, 2.24) is 10.1 Å². The summed E-state index contributed by atoms with van der Waals surface area (Å²) in [4.78, 5) is 16.1. The summed E-state index contributed by atoms with van der Waals surface area (Å²) in [5.41, 5.74) is 2.70. The number of nitrogens with zero attached hydrogens (tertiary/aromatic N) is 2. The molecule has 3 rings (SSSR count). The highest BCUT2D eigenvalue weighted by molar-refractivity contribution is 5.71. The number of ether oxygens (including phenoxy) is 3. The fraction of sp³-hybridized carbons (Fsp3) is 0.250. The second kappa shape index (κ2) is 8.35. The molecule has 0 radical (unpaired) electrons. The van der Waals surface area contributed by atoms with Gasteiger partial charge in [-0.05, 0) is 49.2 Å². The highest BCUT2D eigenvalue weighted by Crippen LogP contribution is 2.22. The van der Waals surface area contributed by atoms with Gasteiger partial charge in [0.2, 0.25) is 5.82 Å². The zero-order valence-corrected chi connectivity index (χ0v) is 15.4. The molecule has 0 saturated carbocycles. The van der Waals surface area contributed by atoms with Gasteiger partial charge in [0.1, 0.15) is 11.5 Å². The van der Waals surface area contributed by atoms with E-state index in [9.17, 15) is 4.79 Å². The second-order valence-electron chi connectivity index (χ2n) is 5.91. The van der Waals surface area contributed by atoms with Crippen LogP contribution in [-0.2, 0) is 16.1 Å². The molecule has 0 fully saturated rings. The van der Waals surface area contributed by atoms with E-state index in [2.05, 4.69) is 10.1 Å². The van der Waals surface area contributed by atoms with E-state index >= 15 is 0 Å². The molecule has 0 saturated heterocycles. The van der Waals surface area contributed by atoms with Crippen LogP contribution in [0.3, 0.4) is 0 Å². The Morgan fingerprint density at radius 1 is 1.07 bits per heavy atom. The Morgan fingerprint density at radius 2 is 1.78 bits per heavy atom. The number of aryl methyl sites for hydroxylation is 2. The molecule has 0 atom stereocenters. The minimum atomic E-state index is -0.512. The number of aromatic nitrogens is 2. The summed E-state index contributed by atoms with van der Waals surface area (Å²) in [5, 5.41) is 3.89. The monoisotopic (exact) mass is 368 g/mol. The van der Waals surface area contributed by atoms with Gasteiger partial charge >= 0.3 is 5.97 Å². The molecular weight excluding hydrogens is 348 g/mol. The standard InChI is InChI=1S/C20H20N2O5/c1-13-5-4-6-14(2)19(13)26-12-18(23)25-11-17-21-20(22-27-17)15-7-9-16(24-3)10-8-15/h4-10H,11-12H2,1-3H3. The van der Waals surface area contributed by atoms with E-state index in [-0.39, 0.29) is 19.1 Å². The maximum absolute atomic E-state index is 11.9. The lowest BCUT2D eigenvalue weighted by Crippen LogP contribution is -2.15. The number of esters is 1. The Hall–Kier alpha value is -3.35. The summed E-state index contributed by atoms with van der Waals surface area (Å²) in [5.74, 6) is 1.54. The van der Waals surface area contributed by atoms with Gasteiger partial charge in [-0.25, -0.2) is 4.79 Å². The van der Waals surface area contributed by atoms with E-state index in [1.54, 1.807) is 19.2 Å². The third-order valence-corrected chi connectivity index (χ3v) is 3.92. The van der Waals surface area contributed by atoms with E-state index in [0.29, 0.717) is 11.6 Å². The summed E-state index contributed by atoms with van der Waals surface area (Å²) in [6.07, 6.45) is 0. The van der Waals surface area contributed by atoms with Gasteiger partial charge in [0.25, 0.3) is 5.89 Å². The zero-order valence-electron chi connectivity index (χ0n) is 15.4. The third-order valence-electron chi connectivity index (χ3n) is 3.92. The molecule has 0 aliphatic carbocycles. The molecule has 1 aromatic heterocycles. The first-order valence-corrected chi connectivity index (χ1v) is 8.38. The van der Waals surface area contributed by atoms with Crippen LogP contribution < -0.4 is 9.47 Å². The van der Waals surface area contributed by atoms with Gasteiger partial charge in [-0.15, -0.1) is 0 Å². The first kappa shape index (κ1) is 18.4. The van der Waals surface area contributed by atoms with Gasteiger partial charge in [0.15, 0.2) is 13.2 Å². The quantitative estimate of drug-likeness (QED) is 0.590. The van der Waals surface area contributed by atoms with Gasteiger partial charge < -0.3 is 18.7 Å². The molecule has 27 heavy (non-hydrogen) atoms. The van der Waals surface area contributed by atoms with Crippen LogP contribution >= 0.6 is 0 Å². The van der Waals surface area contributed by atoms with Crippen LogP contribution in [0.5, 0.6) is 11.5 Å². The molecule has 0 spiro atoms. The molecule has 0 aliphatic rings. The van der Waals surface area contributed by atoms with Crippen molar-refractivity contribution in [2.24, 2.45) is 0 Å². The maximum Gasteiger partial charge on any atom is 0.344 e. The average molecular weight is 368 g/mol. The molecule has 7 nitrogen and oxygen atoms in total. The summed E-state index contributed by atoms with van der Waals surface area (Å²) in [7, 11) is 1.60. The van der Waals surface area contributed by atoms with Gasteiger partial charge in [-0.1, -0.05) is 23.4 Å². The lowest BCUT2D eigenvalue weighted by atomic mass is 10.1. The number of methoxy groups -OCH3 is 1. The van der Waals surface area contributed by atoms with Crippen LogP contribution in [0.4, 0.5) is 0 Å². The number of carbonyl (C=O) groups is 1. The molecule has 0 unspecified atom stereocenters. The number of carbonyl (C=O) groups excluding carboxylic acids is 1. The molecular formula is C20H20N2O5. The molecule has 2 aromatic carbocycles. The highest BCUT2D eigenvalue weighted by atomic mass is 16.6. The smallest absolute Gasteiger partial charge is 0.344 e. The van der Waals surface area contributed by atoms with E-state index < -0.39 is 5.97 Å². The van der Waals surface area contributed by atoms with Gasteiger partial charge in [0, 0.05) is 5.56 Å². The van der Waals surface area contributed by atoms with E-state index in [4.69, 9.17) is 18.7 Å². The summed E-state index contributed by atoms with van der Waals surface area (Å²) in [6.45, 7) is 3.54. The van der Waals surface area contributed by atoms with Gasteiger partial charge in [0.05, 0.1) is 7.11 Å². The van der Waals surface area contributed by atoms with Crippen molar-refractivity contribution < 1.29 is 23.5 Å². The largest absolute Gasteiger partial charge is 0.497 e. The van der Waals surface area contributed by atoms with E-state index in [1.807, 2.05) is 44.2 Å². The number of para-hydroxylation sites is 1. The molecule has 0 N–H and O–H groups in total. The van der Waals surface area contributed by atoms with Crippen molar-refractivity contribution in [3.8, 4) is 22.9 Å². The lowest BCUT2D eigenvalue weighted by molar-refractivity contribution is -0.148. The Bertz CT molecular complexity index is 898. The van der Waals surface area contributed by atoms with Gasteiger partial charge in [-0.2, -0.15) is 4.98 Å². The third kappa shape index (κ3) is 4.63. The first-order chi connectivity index (χ1) is 13.1. The Kier molecular flexibility index (Phi) is 5.71. The molecule has 140 valence electrons. The van der Waals surface area contributed by atoms with Crippen molar-refractivity contribution >= 4 is 5.97 Å². The van der Waals surface area contributed by atoms with Crippen LogP contribution in [0.15, 0.2) is 47.0 Å². The topological polar surface area (TPSA) is 83.7 Å². The molecule has 0 amide bonds. The van der Waals surface area contributed by atoms with Crippen LogP contribution in [-0.4, -0.2) is 29.8 Å². The molecule has 7 heteroatoms. The SMILES string of the molecule is COc1ccc(-c2noc(COC(=O)COc3c(C)cccc3C)n2)cc1. The zero-order chi connectivity index (χ0) is 19.2. The molecule has 1 heterocycles. The lowest BCUT2D eigenvalue weighted by Gasteiger charge is -2.10. The summed E-state index contributed by atoms with van der Waals surface area (Å²) >= 11 is 0. The van der Waals surface area contributed by atoms with Crippen molar-refractivity contribution in [3.05, 3.63) is 59.5 Å². The number of benzene rings is 2. The van der Waals surface area contributed by atoms with Crippen LogP contribution in [0.2, 0.25) is 0 Å². The molecule has 3 aromatic rings. The minimum absolute atomic E-state index is 0.113. The summed E-state index contributed by atoms with van der Waals surface area (Å²) in [6, 6.07) is 13.0. The van der Waals surface area contributed by atoms with Crippen LogP contribution in [0.1, 0.15) is 17.0 Å². The van der Waals surface area contributed by atoms with Crippen molar-refractivity contribution in [3.63, 3.8) is 0 Å². The maximum atomic E-state index is 11.9. The average Bonchev–Trinajstić information content (AvgIpc) is 3.15. The number of hydrogen-bond acceptors (Lipinski definition) is 7. The van der Waals surface area contributed by atoms with E-state index in [1.165, 1.54) is 0 Å². The minimum Gasteiger partial charge on any atom is -0.497 e. The summed E-state index contributed by atoms with van der Waals surface area (Å²) < 4.78 is 20.9. The molecule has 0 aliphatic heterocycles. The van der Waals surface area contributed by atoms with Crippen LogP contribution in [0, 0.1) is 13.8 Å². The predicted molar refractivity (Wildman–Crippen MR) is 97.5 cm³/mol. The Morgan fingerprint density at radius 3 is 2.44 bits per heavy atom. The van der Waals surface area contributed by atoms with Crippen molar-refractivity contribution in [2.75, 3.05) is 13.7 Å². The second-order valence-corrected chi connectivity index (χ2v) is 5.91. The van der Waals surface area contributed by atoms with Crippen molar-refractivity contribution in [2.45, 2.75) is 20.5 Å². The van der Waals surface area contributed by atoms with E-state index in [0.717, 1.165) is 22.4 Å². The fourth-order valence-electron chi connectivity index (χ4n) is 2.51. The van der Waals surface area contributed by atoms with Crippen LogP contribution in [0.25, 0.3) is 11.4 Å². The first-order valence-electron chi connectivity index (χ1n) is 8.38. The number of rotatable bonds is 7. The Balaban J connectivity index is 1.52. The van der Waals surface area contributed by atoms with Gasteiger partial charge in [-0.3, -0.25) is 0 Å². The number of hydrogen-bond donors (Lipinski definition) is 0. The normalized spacial score (nSPS) is 10.5. The fourth-order valence-corrected chi connectivity index (χ4v) is 2.51. The Labute approximate surface area is 156 Å². The molecule has 0 bridgehead atoms.